The Morgan fingerprint density at radius 2 is 1.86 bits per heavy atom. The second kappa shape index (κ2) is 9.44. The SMILES string of the molecule is COc1cccc(CNCc2ccc(C(C)(C)C)cc2)c1OCC1CCCO1. The molecule has 28 heavy (non-hydrogen) atoms. The molecule has 0 amide bonds. The molecule has 4 nitrogen and oxygen atoms in total. The highest BCUT2D eigenvalue weighted by Crippen LogP contribution is 2.32. The Bertz CT molecular complexity index is 743. The maximum absolute atomic E-state index is 6.11. The van der Waals surface area contributed by atoms with Gasteiger partial charge in [0.2, 0.25) is 0 Å². The first kappa shape index (κ1) is 20.7. The Balaban J connectivity index is 1.60. The van der Waals surface area contributed by atoms with Gasteiger partial charge in [-0.1, -0.05) is 57.2 Å². The topological polar surface area (TPSA) is 39.7 Å². The van der Waals surface area contributed by atoms with Gasteiger partial charge in [-0.25, -0.2) is 0 Å². The molecule has 2 aromatic rings. The number of hydrogen-bond acceptors (Lipinski definition) is 4. The van der Waals surface area contributed by atoms with Gasteiger partial charge in [0.05, 0.1) is 13.2 Å². The van der Waals surface area contributed by atoms with Gasteiger partial charge in [-0.2, -0.15) is 0 Å². The number of hydrogen-bond donors (Lipinski definition) is 1. The van der Waals surface area contributed by atoms with Gasteiger partial charge in [-0.05, 0) is 35.4 Å². The summed E-state index contributed by atoms with van der Waals surface area (Å²) in [6.45, 7) is 9.65. The van der Waals surface area contributed by atoms with Crippen molar-refractivity contribution in [1.29, 1.82) is 0 Å². The van der Waals surface area contributed by atoms with Crippen LogP contribution in [0.1, 0.15) is 50.3 Å². The van der Waals surface area contributed by atoms with Crippen LogP contribution in [0.15, 0.2) is 42.5 Å². The predicted octanol–water partition coefficient (Wildman–Crippen LogP) is 4.84. The van der Waals surface area contributed by atoms with Crippen LogP contribution in [0.2, 0.25) is 0 Å². The Kier molecular flexibility index (Phi) is 6.97. The smallest absolute Gasteiger partial charge is 0.165 e. The van der Waals surface area contributed by atoms with Crippen molar-refractivity contribution in [2.75, 3.05) is 20.3 Å². The van der Waals surface area contributed by atoms with Gasteiger partial charge in [-0.15, -0.1) is 0 Å². The first-order valence-electron chi connectivity index (χ1n) is 10.2. The van der Waals surface area contributed by atoms with E-state index >= 15 is 0 Å². The molecule has 1 aliphatic rings. The molecule has 0 spiro atoms. The van der Waals surface area contributed by atoms with Crippen LogP contribution >= 0.6 is 0 Å². The molecule has 1 fully saturated rings. The molecular formula is C24H33NO3. The van der Waals surface area contributed by atoms with Crippen molar-refractivity contribution in [1.82, 2.24) is 5.32 Å². The quantitative estimate of drug-likeness (QED) is 0.708. The monoisotopic (exact) mass is 383 g/mol. The Morgan fingerprint density at radius 1 is 1.07 bits per heavy atom. The standard InChI is InChI=1S/C24H33NO3/c1-24(2,3)20-12-10-18(11-13-20)15-25-16-19-7-5-9-22(26-4)23(19)28-17-21-8-6-14-27-21/h5,7,9-13,21,25H,6,8,14-17H2,1-4H3. The van der Waals surface area contributed by atoms with Crippen LogP contribution in [-0.4, -0.2) is 26.4 Å². The molecule has 4 heteroatoms. The number of benzene rings is 2. The average Bonchev–Trinajstić information content (AvgIpc) is 3.20. The summed E-state index contributed by atoms with van der Waals surface area (Å²) in [5.74, 6) is 1.59. The zero-order valence-electron chi connectivity index (χ0n) is 17.6. The number of nitrogens with one attached hydrogen (secondary N) is 1. The highest BCUT2D eigenvalue weighted by atomic mass is 16.5. The number of rotatable bonds is 8. The lowest BCUT2D eigenvalue weighted by molar-refractivity contribution is 0.0666. The molecule has 1 aliphatic heterocycles. The van der Waals surface area contributed by atoms with Crippen LogP contribution in [0.4, 0.5) is 0 Å². The van der Waals surface area contributed by atoms with E-state index in [0.29, 0.717) is 6.61 Å². The van der Waals surface area contributed by atoms with Crippen LogP contribution in [0.3, 0.4) is 0 Å². The minimum Gasteiger partial charge on any atom is -0.493 e. The maximum Gasteiger partial charge on any atom is 0.165 e. The highest BCUT2D eigenvalue weighted by Gasteiger charge is 2.18. The fourth-order valence-electron chi connectivity index (χ4n) is 3.44. The summed E-state index contributed by atoms with van der Waals surface area (Å²) in [7, 11) is 1.68. The molecular weight excluding hydrogens is 350 g/mol. The minimum atomic E-state index is 0.182. The van der Waals surface area contributed by atoms with Crippen molar-refractivity contribution >= 4 is 0 Å². The largest absolute Gasteiger partial charge is 0.493 e. The molecule has 0 bridgehead atoms. The molecule has 3 rings (SSSR count). The third-order valence-corrected chi connectivity index (χ3v) is 5.18. The summed E-state index contributed by atoms with van der Waals surface area (Å²) in [6.07, 6.45) is 2.36. The van der Waals surface area contributed by atoms with Crippen molar-refractivity contribution in [3.63, 3.8) is 0 Å². The molecule has 1 heterocycles. The Labute approximate surface area is 169 Å². The summed E-state index contributed by atoms with van der Waals surface area (Å²) in [4.78, 5) is 0. The van der Waals surface area contributed by atoms with Gasteiger partial charge in [0.15, 0.2) is 11.5 Å². The second-order valence-corrected chi connectivity index (χ2v) is 8.45. The lowest BCUT2D eigenvalue weighted by atomic mass is 9.87. The van der Waals surface area contributed by atoms with E-state index in [1.165, 1.54) is 11.1 Å². The van der Waals surface area contributed by atoms with E-state index in [0.717, 1.165) is 49.6 Å². The van der Waals surface area contributed by atoms with E-state index in [1.54, 1.807) is 7.11 Å². The average molecular weight is 384 g/mol. The van der Waals surface area contributed by atoms with Gasteiger partial charge in [-0.3, -0.25) is 0 Å². The van der Waals surface area contributed by atoms with Crippen LogP contribution in [-0.2, 0) is 23.2 Å². The summed E-state index contributed by atoms with van der Waals surface area (Å²) in [6, 6.07) is 14.9. The molecule has 2 aromatic carbocycles. The lowest BCUT2D eigenvalue weighted by Crippen LogP contribution is -2.19. The maximum atomic E-state index is 6.11. The third-order valence-electron chi connectivity index (χ3n) is 5.18. The number of ether oxygens (including phenoxy) is 3. The molecule has 152 valence electrons. The summed E-state index contributed by atoms with van der Waals surface area (Å²) in [5, 5.41) is 3.53. The second-order valence-electron chi connectivity index (χ2n) is 8.45. The first-order valence-corrected chi connectivity index (χ1v) is 10.2. The van der Waals surface area contributed by atoms with Crippen molar-refractivity contribution in [3.8, 4) is 11.5 Å². The van der Waals surface area contributed by atoms with Crippen LogP contribution in [0, 0.1) is 0 Å². The number of methoxy groups -OCH3 is 1. The van der Waals surface area contributed by atoms with Crippen LogP contribution in [0.25, 0.3) is 0 Å². The van der Waals surface area contributed by atoms with E-state index in [2.05, 4.69) is 56.4 Å². The zero-order chi connectivity index (χ0) is 20.0. The Hall–Kier alpha value is -2.04. The van der Waals surface area contributed by atoms with Gasteiger partial charge in [0.25, 0.3) is 0 Å². The first-order chi connectivity index (χ1) is 13.5. The van der Waals surface area contributed by atoms with Gasteiger partial charge >= 0.3 is 0 Å². The predicted molar refractivity (Wildman–Crippen MR) is 113 cm³/mol. The fourth-order valence-corrected chi connectivity index (χ4v) is 3.44. The molecule has 0 aliphatic carbocycles. The molecule has 1 unspecified atom stereocenters. The van der Waals surface area contributed by atoms with Crippen molar-refractivity contribution in [3.05, 3.63) is 59.2 Å². The van der Waals surface area contributed by atoms with Gasteiger partial charge in [0, 0.05) is 25.3 Å². The minimum absolute atomic E-state index is 0.182. The van der Waals surface area contributed by atoms with Crippen molar-refractivity contribution < 1.29 is 14.2 Å². The number of para-hydroxylation sites is 1. The lowest BCUT2D eigenvalue weighted by Gasteiger charge is -2.19. The van der Waals surface area contributed by atoms with E-state index < -0.39 is 0 Å². The van der Waals surface area contributed by atoms with E-state index in [-0.39, 0.29) is 11.5 Å². The molecule has 1 N–H and O–H groups in total. The fraction of sp³-hybridized carbons (Fsp3) is 0.500. The highest BCUT2D eigenvalue weighted by molar-refractivity contribution is 5.46. The van der Waals surface area contributed by atoms with Crippen molar-refractivity contribution in [2.24, 2.45) is 0 Å². The van der Waals surface area contributed by atoms with Crippen LogP contribution in [0.5, 0.6) is 11.5 Å². The van der Waals surface area contributed by atoms with E-state index in [1.807, 2.05) is 12.1 Å². The third kappa shape index (κ3) is 5.49. The van der Waals surface area contributed by atoms with Crippen molar-refractivity contribution in [2.45, 2.75) is 58.2 Å². The van der Waals surface area contributed by atoms with E-state index in [9.17, 15) is 0 Å². The molecule has 1 saturated heterocycles. The Morgan fingerprint density at radius 3 is 2.50 bits per heavy atom. The van der Waals surface area contributed by atoms with Crippen LogP contribution < -0.4 is 14.8 Å². The van der Waals surface area contributed by atoms with Gasteiger partial charge in [0.1, 0.15) is 6.61 Å². The molecule has 1 atom stereocenters. The van der Waals surface area contributed by atoms with Gasteiger partial charge < -0.3 is 19.5 Å². The molecule has 0 saturated carbocycles. The summed E-state index contributed by atoms with van der Waals surface area (Å²) in [5.41, 5.74) is 3.91. The zero-order valence-corrected chi connectivity index (χ0v) is 17.6. The molecule has 0 aromatic heterocycles. The summed E-state index contributed by atoms with van der Waals surface area (Å²) >= 11 is 0. The normalized spacial score (nSPS) is 16.9. The summed E-state index contributed by atoms with van der Waals surface area (Å²) < 4.78 is 17.3. The van der Waals surface area contributed by atoms with E-state index in [4.69, 9.17) is 14.2 Å². The molecule has 0 radical (unpaired) electrons.